The lowest BCUT2D eigenvalue weighted by molar-refractivity contribution is -0.438. The van der Waals surface area contributed by atoms with E-state index in [1.807, 2.05) is 18.2 Å². The Kier molecular flexibility index (Phi) is 8.69. The summed E-state index contributed by atoms with van der Waals surface area (Å²) in [5.74, 6) is -0.834. The van der Waals surface area contributed by atoms with Crippen molar-refractivity contribution in [1.82, 2.24) is 0 Å². The molecule has 3 aliphatic rings. The molecule has 47 heavy (non-hydrogen) atoms. The Hall–Kier alpha value is -4.16. The van der Waals surface area contributed by atoms with E-state index in [1.165, 1.54) is 47.7 Å². The van der Waals surface area contributed by atoms with Gasteiger partial charge in [0, 0.05) is 58.6 Å². The van der Waals surface area contributed by atoms with Gasteiger partial charge in [-0.25, -0.2) is 4.79 Å². The average molecular weight is 634 g/mol. The van der Waals surface area contributed by atoms with Crippen LogP contribution in [-0.2, 0) is 10.8 Å². The molecule has 1 aliphatic carbocycles. The van der Waals surface area contributed by atoms with E-state index in [4.69, 9.17) is 0 Å². The number of allylic oxidation sites excluding steroid dienone is 2. The molecule has 6 rings (SSSR count). The third kappa shape index (κ3) is 5.41. The number of hydrogen-bond acceptors (Lipinski definition) is 4. The van der Waals surface area contributed by atoms with Gasteiger partial charge < -0.3 is 20.2 Å². The largest absolute Gasteiger partial charge is 0.507 e. The molecule has 1 unspecified atom stereocenters. The van der Waals surface area contributed by atoms with Gasteiger partial charge in [0.1, 0.15) is 18.4 Å². The predicted molar refractivity (Wildman–Crippen MR) is 191 cm³/mol. The number of aromatic carboxylic acids is 1. The Morgan fingerprint density at radius 1 is 0.915 bits per heavy atom. The van der Waals surface area contributed by atoms with Gasteiger partial charge >= 0.3 is 5.97 Å². The number of likely N-dealkylation sites (N-methyl/N-ethyl adjacent to an activating group) is 1. The van der Waals surface area contributed by atoms with Crippen LogP contribution in [0.5, 0.6) is 0 Å². The molecule has 3 aromatic carbocycles. The van der Waals surface area contributed by atoms with Crippen LogP contribution in [0.4, 0.5) is 11.4 Å². The molecule has 1 atom stereocenters. The molecule has 6 heteroatoms. The van der Waals surface area contributed by atoms with Crippen LogP contribution >= 0.6 is 0 Å². The molecule has 0 saturated heterocycles. The average Bonchev–Trinajstić information content (AvgIpc) is 3.41. The number of rotatable bonds is 11. The summed E-state index contributed by atoms with van der Waals surface area (Å²) >= 11 is 0. The summed E-state index contributed by atoms with van der Waals surface area (Å²) in [5, 5.41) is 35.3. The topological polar surface area (TPSA) is 84.0 Å². The molecule has 0 radical (unpaired) electrons. The van der Waals surface area contributed by atoms with Crippen LogP contribution in [0.2, 0.25) is 0 Å². The molecule has 0 fully saturated rings. The van der Waals surface area contributed by atoms with Crippen molar-refractivity contribution in [3.05, 3.63) is 106 Å². The second-order valence-electron chi connectivity index (χ2n) is 14.4. The summed E-state index contributed by atoms with van der Waals surface area (Å²) in [6, 6.07) is 18.2. The zero-order valence-corrected chi connectivity index (χ0v) is 28.7. The Bertz CT molecular complexity index is 1870. The molecule has 0 aromatic heterocycles. The first-order valence-corrected chi connectivity index (χ1v) is 17.3. The van der Waals surface area contributed by atoms with E-state index < -0.39 is 17.5 Å². The van der Waals surface area contributed by atoms with Crippen molar-refractivity contribution in [3.63, 3.8) is 0 Å². The van der Waals surface area contributed by atoms with Gasteiger partial charge in [0.25, 0.3) is 0 Å². The minimum atomic E-state index is -0.948. The van der Waals surface area contributed by atoms with Crippen LogP contribution in [-0.4, -0.2) is 50.8 Å². The van der Waals surface area contributed by atoms with Crippen molar-refractivity contribution in [2.24, 2.45) is 0 Å². The van der Waals surface area contributed by atoms with Crippen molar-refractivity contribution < 1.29 is 24.7 Å². The fourth-order valence-electron chi connectivity index (χ4n) is 8.00. The summed E-state index contributed by atoms with van der Waals surface area (Å²) in [4.78, 5) is 14.2. The zero-order valence-electron chi connectivity index (χ0n) is 28.7. The van der Waals surface area contributed by atoms with E-state index >= 15 is 0 Å². The highest BCUT2D eigenvalue weighted by Gasteiger charge is 2.47. The maximum absolute atomic E-state index is 11.9. The van der Waals surface area contributed by atoms with Crippen LogP contribution in [0.25, 0.3) is 10.8 Å². The number of unbranched alkanes of at least 4 members (excludes halogenated alkanes) is 5. The summed E-state index contributed by atoms with van der Waals surface area (Å²) in [6.07, 6.45) is 10.0. The molecule has 3 aromatic rings. The number of carboxylic acids is 1. The van der Waals surface area contributed by atoms with Gasteiger partial charge in [0.15, 0.2) is 5.71 Å². The third-order valence-corrected chi connectivity index (χ3v) is 10.7. The van der Waals surface area contributed by atoms with Crippen molar-refractivity contribution in [2.45, 2.75) is 97.0 Å². The van der Waals surface area contributed by atoms with Crippen LogP contribution in [0, 0.1) is 0 Å². The predicted octanol–water partition coefficient (Wildman–Crippen LogP) is 9.09. The van der Waals surface area contributed by atoms with Gasteiger partial charge in [0.05, 0.1) is 11.0 Å². The van der Waals surface area contributed by atoms with E-state index in [0.29, 0.717) is 11.1 Å². The van der Waals surface area contributed by atoms with Crippen LogP contribution in [0.15, 0.2) is 89.4 Å². The molecule has 0 bridgehead atoms. The molecule has 0 spiro atoms. The molecular weight excluding hydrogens is 584 g/mol. The van der Waals surface area contributed by atoms with Gasteiger partial charge in [-0.05, 0) is 67.8 Å². The van der Waals surface area contributed by atoms with Gasteiger partial charge in [-0.1, -0.05) is 76.8 Å². The molecule has 0 saturated carbocycles. The fraction of sp³-hybridized carbons (Fsp3) is 0.415. The molecule has 6 nitrogen and oxygen atoms in total. The summed E-state index contributed by atoms with van der Waals surface area (Å²) in [6.45, 7) is 14.6. The van der Waals surface area contributed by atoms with E-state index in [2.05, 4.69) is 87.4 Å². The van der Waals surface area contributed by atoms with Crippen molar-refractivity contribution in [2.75, 3.05) is 18.0 Å². The van der Waals surface area contributed by atoms with E-state index in [1.54, 1.807) is 12.1 Å². The molecule has 0 amide bonds. The summed E-state index contributed by atoms with van der Waals surface area (Å²) in [7, 11) is 0. The highest BCUT2D eigenvalue weighted by atomic mass is 16.4. The number of carboxylic acid groups (broad SMARTS) is 1. The number of carbonyl (C=O) groups is 1. The van der Waals surface area contributed by atoms with Crippen molar-refractivity contribution >= 4 is 33.8 Å². The number of benzene rings is 3. The Labute approximate surface area is 279 Å². The van der Waals surface area contributed by atoms with Crippen molar-refractivity contribution in [1.29, 1.82) is 0 Å². The third-order valence-electron chi connectivity index (χ3n) is 10.7. The number of fused-ring (bicyclic) bond motifs is 4. The molecule has 3 N–H and O–H groups in total. The first-order valence-electron chi connectivity index (χ1n) is 17.3. The van der Waals surface area contributed by atoms with Crippen molar-refractivity contribution in [3.8, 4) is 0 Å². The first kappa shape index (κ1) is 32.8. The zero-order chi connectivity index (χ0) is 33.7. The number of hydrogen-bond donors (Lipinski definition) is 3. The summed E-state index contributed by atoms with van der Waals surface area (Å²) < 4.78 is 2.27. The van der Waals surface area contributed by atoms with Gasteiger partial charge in [-0.2, -0.15) is 4.58 Å². The van der Waals surface area contributed by atoms with E-state index in [-0.39, 0.29) is 16.7 Å². The lowest BCUT2D eigenvalue weighted by Crippen LogP contribution is -2.34. The normalized spacial score (nSPS) is 21.2. The number of aliphatic hydroxyl groups is 2. The second-order valence-corrected chi connectivity index (χ2v) is 14.4. The molecular formula is C41H49N2O4+. The standard InChI is InChI=1S/C41H48N2O4/c1-7-9-10-11-12-15-22-43-32-20-19-27(39(46)47)23-31(32)40(3,4)34(43)24-29-37(44)30(38(29)45)25-35-41(5,6)36-28-17-14-13-16-26(28)18-21-33(36)42(35)8-2/h13-14,16-21,23-25,37,44H,7-12,15,22H2,1-6H3,(H-,45,46,47)/p+1. The van der Waals surface area contributed by atoms with Gasteiger partial charge in [-0.15, -0.1) is 0 Å². The smallest absolute Gasteiger partial charge is 0.335 e. The molecule has 2 aliphatic heterocycles. The van der Waals surface area contributed by atoms with Gasteiger partial charge in [0.2, 0.25) is 5.69 Å². The van der Waals surface area contributed by atoms with Gasteiger partial charge in [-0.3, -0.25) is 0 Å². The Morgan fingerprint density at radius 2 is 1.64 bits per heavy atom. The number of nitrogens with zero attached hydrogens (tertiary/aromatic N) is 2. The lowest BCUT2D eigenvalue weighted by Gasteiger charge is -2.32. The Morgan fingerprint density at radius 3 is 2.34 bits per heavy atom. The monoisotopic (exact) mass is 633 g/mol. The Balaban J connectivity index is 1.38. The van der Waals surface area contributed by atoms with Crippen LogP contribution < -0.4 is 4.90 Å². The number of anilines is 1. The quantitative estimate of drug-likeness (QED) is 0.145. The molecule has 2 heterocycles. The second kappa shape index (κ2) is 12.5. The minimum absolute atomic E-state index is 0.114. The maximum atomic E-state index is 11.9. The maximum Gasteiger partial charge on any atom is 0.335 e. The molecule has 246 valence electrons. The highest BCUT2D eigenvalue weighted by molar-refractivity contribution is 6.05. The minimum Gasteiger partial charge on any atom is -0.507 e. The summed E-state index contributed by atoms with van der Waals surface area (Å²) in [5.41, 5.74) is 6.84. The highest BCUT2D eigenvalue weighted by Crippen LogP contribution is 2.52. The fourth-order valence-corrected chi connectivity index (χ4v) is 8.00. The number of aliphatic hydroxyl groups excluding tert-OH is 2. The van der Waals surface area contributed by atoms with E-state index in [9.17, 15) is 20.1 Å². The van der Waals surface area contributed by atoms with E-state index in [0.717, 1.165) is 48.6 Å². The first-order chi connectivity index (χ1) is 22.4. The van der Waals surface area contributed by atoms with Crippen LogP contribution in [0.3, 0.4) is 0 Å². The lowest BCUT2D eigenvalue weighted by atomic mass is 9.76. The van der Waals surface area contributed by atoms with Crippen LogP contribution in [0.1, 0.15) is 102 Å². The SMILES string of the molecule is CCCCCCCC[N+]1=C(C=C2C(O)=C(C=C3N(CC)c4ccc5ccccc5c4C3(C)C)C2O)C(C)(C)c2cc(C(=O)O)ccc21.